The third kappa shape index (κ3) is 13.7. The lowest BCUT2D eigenvalue weighted by atomic mass is 10.0. The first kappa shape index (κ1) is 33.5. The summed E-state index contributed by atoms with van der Waals surface area (Å²) in [5.74, 6) is -3.91. The summed E-state index contributed by atoms with van der Waals surface area (Å²) in [7, 11) is 0. The number of carboxylic acids is 1. The Kier molecular flexibility index (Phi) is 16.0. The highest BCUT2D eigenvalue weighted by atomic mass is 16.4. The molecule has 4 amide bonds. The lowest BCUT2D eigenvalue weighted by molar-refractivity contribution is -0.142. The van der Waals surface area contributed by atoms with E-state index in [2.05, 4.69) is 16.0 Å². The van der Waals surface area contributed by atoms with Gasteiger partial charge in [0.1, 0.15) is 18.1 Å². The molecule has 218 valence electrons. The number of aliphatic carboxylic acids is 1. The lowest BCUT2D eigenvalue weighted by Gasteiger charge is -2.25. The van der Waals surface area contributed by atoms with Gasteiger partial charge in [-0.05, 0) is 57.2 Å². The van der Waals surface area contributed by atoms with Crippen LogP contribution in [0.5, 0.6) is 0 Å². The largest absolute Gasteiger partial charge is 0.480 e. The number of hydrogen-bond acceptors (Lipinski definition) is 8. The van der Waals surface area contributed by atoms with E-state index in [-0.39, 0.29) is 25.7 Å². The molecule has 0 radical (unpaired) electrons. The molecular formula is C26H43N7O6. The minimum atomic E-state index is -1.21. The Balaban J connectivity index is 3.08. The Morgan fingerprint density at radius 2 is 1.26 bits per heavy atom. The molecule has 13 heteroatoms. The zero-order valence-electron chi connectivity index (χ0n) is 22.3. The molecule has 4 unspecified atom stereocenters. The fourth-order valence-corrected chi connectivity index (χ4v) is 3.83. The molecule has 39 heavy (non-hydrogen) atoms. The molecule has 0 heterocycles. The maximum atomic E-state index is 13.3. The van der Waals surface area contributed by atoms with Gasteiger partial charge in [0, 0.05) is 12.8 Å². The zero-order valence-corrected chi connectivity index (χ0v) is 22.3. The van der Waals surface area contributed by atoms with Crippen LogP contribution in [-0.4, -0.2) is 72.0 Å². The summed E-state index contributed by atoms with van der Waals surface area (Å²) < 4.78 is 0. The van der Waals surface area contributed by atoms with Gasteiger partial charge in [0.2, 0.25) is 23.6 Å². The number of rotatable bonds is 20. The number of carboxylic acid groups (broad SMARTS) is 1. The van der Waals surface area contributed by atoms with Crippen LogP contribution in [0.3, 0.4) is 0 Å². The maximum absolute atomic E-state index is 13.3. The van der Waals surface area contributed by atoms with Gasteiger partial charge in [-0.25, -0.2) is 4.79 Å². The first-order valence-electron chi connectivity index (χ1n) is 13.2. The van der Waals surface area contributed by atoms with E-state index in [4.69, 9.17) is 22.9 Å². The van der Waals surface area contributed by atoms with Crippen LogP contribution in [0, 0.1) is 0 Å². The Morgan fingerprint density at radius 1 is 0.718 bits per heavy atom. The fourth-order valence-electron chi connectivity index (χ4n) is 3.83. The van der Waals surface area contributed by atoms with Crippen LogP contribution in [0.2, 0.25) is 0 Å². The van der Waals surface area contributed by atoms with E-state index in [0.29, 0.717) is 50.8 Å². The third-order valence-corrected chi connectivity index (χ3v) is 6.10. The molecule has 0 fully saturated rings. The van der Waals surface area contributed by atoms with Gasteiger partial charge in [-0.2, -0.15) is 0 Å². The molecule has 12 N–H and O–H groups in total. The van der Waals surface area contributed by atoms with E-state index in [1.54, 1.807) is 30.3 Å². The molecule has 13 nitrogen and oxygen atoms in total. The number of nitrogens with one attached hydrogen (secondary N) is 3. The van der Waals surface area contributed by atoms with Crippen LogP contribution in [0.25, 0.3) is 0 Å². The molecule has 0 aliphatic carbocycles. The summed E-state index contributed by atoms with van der Waals surface area (Å²) in [5.41, 5.74) is 22.9. The van der Waals surface area contributed by atoms with Crippen molar-refractivity contribution in [2.24, 2.45) is 22.9 Å². The van der Waals surface area contributed by atoms with Gasteiger partial charge < -0.3 is 44.0 Å². The summed E-state index contributed by atoms with van der Waals surface area (Å²) in [6.07, 6.45) is 2.68. The Labute approximate surface area is 228 Å². The predicted octanol–water partition coefficient (Wildman–Crippen LogP) is -1.38. The highest BCUT2D eigenvalue weighted by molar-refractivity contribution is 5.94. The summed E-state index contributed by atoms with van der Waals surface area (Å²) in [6.45, 7) is 0.848. The summed E-state index contributed by atoms with van der Waals surface area (Å²) in [6, 6.07) is 4.41. The van der Waals surface area contributed by atoms with E-state index < -0.39 is 53.8 Å². The van der Waals surface area contributed by atoms with Crippen molar-refractivity contribution in [1.82, 2.24) is 16.0 Å². The van der Waals surface area contributed by atoms with Crippen molar-refractivity contribution in [3.63, 3.8) is 0 Å². The van der Waals surface area contributed by atoms with Gasteiger partial charge >= 0.3 is 5.97 Å². The molecule has 0 saturated heterocycles. The third-order valence-electron chi connectivity index (χ3n) is 6.10. The van der Waals surface area contributed by atoms with E-state index in [9.17, 15) is 29.1 Å². The number of carbonyl (C=O) groups is 5. The number of unbranched alkanes of at least 4 members (excludes halogenated alkanes) is 2. The molecule has 0 aromatic heterocycles. The first-order valence-corrected chi connectivity index (χ1v) is 13.2. The van der Waals surface area contributed by atoms with E-state index >= 15 is 0 Å². The number of benzene rings is 1. The van der Waals surface area contributed by atoms with Gasteiger partial charge in [-0.3, -0.25) is 19.2 Å². The van der Waals surface area contributed by atoms with Gasteiger partial charge in [0.15, 0.2) is 0 Å². The monoisotopic (exact) mass is 549 g/mol. The van der Waals surface area contributed by atoms with Crippen molar-refractivity contribution >= 4 is 29.6 Å². The highest BCUT2D eigenvalue weighted by Crippen LogP contribution is 2.08. The van der Waals surface area contributed by atoms with E-state index in [1.807, 2.05) is 0 Å². The second kappa shape index (κ2) is 18.7. The van der Waals surface area contributed by atoms with Crippen LogP contribution in [0.15, 0.2) is 30.3 Å². The number of hydrogen-bond donors (Lipinski definition) is 8. The van der Waals surface area contributed by atoms with Crippen molar-refractivity contribution in [3.05, 3.63) is 35.9 Å². The molecule has 0 spiro atoms. The topological polar surface area (TPSA) is 246 Å². The zero-order chi connectivity index (χ0) is 29.2. The van der Waals surface area contributed by atoms with Crippen LogP contribution >= 0.6 is 0 Å². The molecule has 1 rings (SSSR count). The van der Waals surface area contributed by atoms with Crippen LogP contribution in [-0.2, 0) is 30.4 Å². The summed E-state index contributed by atoms with van der Waals surface area (Å²) in [5, 5.41) is 17.2. The standard InChI is InChI=1S/C26H43N7O6/c27-14-6-4-10-18(29)23(35)31-19(12-13-22(30)34)24(36)33-21(16-17-8-2-1-3-9-17)25(37)32-20(26(38)39)11-5-7-15-28/h1-3,8-9,18-21H,4-7,10-16,27-29H2,(H2,30,34)(H,31,35)(H,32,37)(H,33,36)(H,38,39). The smallest absolute Gasteiger partial charge is 0.326 e. The van der Waals surface area contributed by atoms with Crippen LogP contribution in [0.1, 0.15) is 56.9 Å². The molecule has 1 aromatic rings. The Bertz CT molecular complexity index is 931. The van der Waals surface area contributed by atoms with E-state index in [0.717, 1.165) is 0 Å². The Morgan fingerprint density at radius 3 is 1.82 bits per heavy atom. The predicted molar refractivity (Wildman–Crippen MR) is 146 cm³/mol. The van der Waals surface area contributed by atoms with E-state index in [1.165, 1.54) is 0 Å². The van der Waals surface area contributed by atoms with Crippen molar-refractivity contribution in [3.8, 4) is 0 Å². The minimum Gasteiger partial charge on any atom is -0.480 e. The van der Waals surface area contributed by atoms with Gasteiger partial charge in [0.05, 0.1) is 6.04 Å². The maximum Gasteiger partial charge on any atom is 0.326 e. The summed E-state index contributed by atoms with van der Waals surface area (Å²) >= 11 is 0. The van der Waals surface area contributed by atoms with Gasteiger partial charge in [-0.15, -0.1) is 0 Å². The highest BCUT2D eigenvalue weighted by Gasteiger charge is 2.30. The lowest BCUT2D eigenvalue weighted by Crippen LogP contribution is -2.57. The molecule has 4 atom stereocenters. The fraction of sp³-hybridized carbons (Fsp3) is 0.577. The van der Waals surface area contributed by atoms with Crippen molar-refractivity contribution < 1.29 is 29.1 Å². The molecule has 0 bridgehead atoms. The molecular weight excluding hydrogens is 506 g/mol. The second-order valence-corrected chi connectivity index (χ2v) is 9.39. The Hall–Kier alpha value is -3.55. The number of primary amides is 1. The van der Waals surface area contributed by atoms with Crippen molar-refractivity contribution in [2.45, 2.75) is 82.0 Å². The first-order chi connectivity index (χ1) is 18.6. The average molecular weight is 550 g/mol. The van der Waals surface area contributed by atoms with Crippen LogP contribution in [0.4, 0.5) is 0 Å². The second-order valence-electron chi connectivity index (χ2n) is 9.39. The van der Waals surface area contributed by atoms with Crippen molar-refractivity contribution in [1.29, 1.82) is 0 Å². The number of carbonyl (C=O) groups excluding carboxylic acids is 4. The van der Waals surface area contributed by atoms with Gasteiger partial charge in [-0.1, -0.05) is 36.8 Å². The van der Waals surface area contributed by atoms with Crippen LogP contribution < -0.4 is 38.9 Å². The molecule has 0 aliphatic rings. The SMILES string of the molecule is NCCCCC(N)C(=O)NC(CCC(N)=O)C(=O)NC(Cc1ccccc1)C(=O)NC(CCCCN)C(=O)O. The van der Waals surface area contributed by atoms with Crippen molar-refractivity contribution in [2.75, 3.05) is 13.1 Å². The van der Waals surface area contributed by atoms with Gasteiger partial charge in [0.25, 0.3) is 0 Å². The summed E-state index contributed by atoms with van der Waals surface area (Å²) in [4.78, 5) is 62.2. The molecule has 0 aliphatic heterocycles. The molecule has 0 saturated carbocycles. The number of nitrogens with two attached hydrogens (primary N) is 4. The average Bonchev–Trinajstić information content (AvgIpc) is 2.90. The quantitative estimate of drug-likeness (QED) is 0.0891. The normalized spacial score (nSPS) is 13.9. The number of amides is 4. The molecule has 1 aromatic carbocycles. The minimum absolute atomic E-state index is 0.0582.